The number of carbonyl (C=O) groups is 1. The molecule has 2 aromatic carbocycles. The lowest BCUT2D eigenvalue weighted by atomic mass is 10.1. The van der Waals surface area contributed by atoms with Crippen LogP contribution in [0.15, 0.2) is 52.1 Å². The van der Waals surface area contributed by atoms with E-state index in [-0.39, 0.29) is 11.5 Å². The van der Waals surface area contributed by atoms with Crippen molar-refractivity contribution in [2.45, 2.75) is 33.4 Å². The highest BCUT2D eigenvalue weighted by Gasteiger charge is 2.28. The van der Waals surface area contributed by atoms with E-state index in [1.165, 1.54) is 23.0 Å². The fraction of sp³-hybridized carbons (Fsp3) is 0.296. The Bertz CT molecular complexity index is 1600. The highest BCUT2D eigenvalue weighted by Crippen LogP contribution is 2.34. The molecule has 2 aromatic heterocycles. The van der Waals surface area contributed by atoms with Crippen molar-refractivity contribution >= 4 is 27.5 Å². The van der Waals surface area contributed by atoms with Crippen molar-refractivity contribution in [2.75, 3.05) is 20.8 Å². The molecular weight excluding hydrogens is 478 g/mol. The topological polar surface area (TPSA) is 82.8 Å². The molecule has 8 nitrogen and oxygen atoms in total. The van der Waals surface area contributed by atoms with Gasteiger partial charge in [0.2, 0.25) is 5.91 Å². The number of thiophene rings is 1. The second-order valence-corrected chi connectivity index (χ2v) is 9.99. The van der Waals surface area contributed by atoms with Gasteiger partial charge in [-0.25, -0.2) is 9.36 Å². The van der Waals surface area contributed by atoms with Crippen molar-refractivity contribution in [3.8, 4) is 17.2 Å². The zero-order chi connectivity index (χ0) is 25.6. The Morgan fingerprint density at radius 3 is 2.47 bits per heavy atom. The van der Waals surface area contributed by atoms with E-state index >= 15 is 0 Å². The predicted molar refractivity (Wildman–Crippen MR) is 140 cm³/mol. The molecule has 1 amide bonds. The zero-order valence-electron chi connectivity index (χ0n) is 20.7. The number of nitrogens with zero attached hydrogens (tertiary/aromatic N) is 3. The summed E-state index contributed by atoms with van der Waals surface area (Å²) in [7, 11) is 3.04. The van der Waals surface area contributed by atoms with Gasteiger partial charge in [-0.15, -0.1) is 11.3 Å². The predicted octanol–water partition coefficient (Wildman–Crippen LogP) is 3.49. The summed E-state index contributed by atoms with van der Waals surface area (Å²) in [6, 6.07) is 13.0. The normalized spacial score (nSPS) is 13.1. The van der Waals surface area contributed by atoms with E-state index in [0.717, 1.165) is 21.6 Å². The Kier molecular flexibility index (Phi) is 6.17. The van der Waals surface area contributed by atoms with Gasteiger partial charge in [0.1, 0.15) is 16.3 Å². The Morgan fingerprint density at radius 1 is 1.06 bits per heavy atom. The lowest BCUT2D eigenvalue weighted by Gasteiger charge is -2.25. The number of rotatable bonds is 5. The van der Waals surface area contributed by atoms with Gasteiger partial charge < -0.3 is 14.4 Å². The van der Waals surface area contributed by atoms with E-state index < -0.39 is 5.69 Å². The van der Waals surface area contributed by atoms with Crippen LogP contribution in [0.25, 0.3) is 15.9 Å². The van der Waals surface area contributed by atoms with Crippen molar-refractivity contribution in [1.82, 2.24) is 14.0 Å². The quantitative estimate of drug-likeness (QED) is 0.415. The van der Waals surface area contributed by atoms with Gasteiger partial charge in [-0.05, 0) is 36.6 Å². The van der Waals surface area contributed by atoms with Crippen LogP contribution in [0.5, 0.6) is 11.5 Å². The maximum atomic E-state index is 14.0. The van der Waals surface area contributed by atoms with Crippen LogP contribution in [0.1, 0.15) is 28.5 Å². The monoisotopic (exact) mass is 505 g/mol. The molecule has 0 saturated heterocycles. The second kappa shape index (κ2) is 9.31. The standard InChI is InChI=1S/C27H27N3O5S/c1-16-5-7-18(8-6-16)14-29-26-24(20-11-12-28(17(2)31)15-23(20)36-26)25(32)30(27(29)33)21-10-9-19(34-3)13-22(21)35-4/h5-10,13H,11-12,14-15H2,1-4H3. The van der Waals surface area contributed by atoms with Crippen LogP contribution in [0, 0.1) is 6.92 Å². The van der Waals surface area contributed by atoms with Gasteiger partial charge in [0, 0.05) is 24.4 Å². The Morgan fingerprint density at radius 2 is 1.81 bits per heavy atom. The summed E-state index contributed by atoms with van der Waals surface area (Å²) < 4.78 is 13.7. The number of methoxy groups -OCH3 is 2. The summed E-state index contributed by atoms with van der Waals surface area (Å²) in [5.41, 5.74) is 2.52. The van der Waals surface area contributed by atoms with E-state index in [4.69, 9.17) is 9.47 Å². The minimum absolute atomic E-state index is 0.00414. The Labute approximate surface area is 211 Å². The van der Waals surface area contributed by atoms with Crippen LogP contribution in [0.4, 0.5) is 0 Å². The molecule has 9 heteroatoms. The lowest BCUT2D eigenvalue weighted by Crippen LogP contribution is -2.39. The molecule has 0 saturated carbocycles. The molecule has 5 rings (SSSR count). The molecule has 3 heterocycles. The molecular formula is C27H27N3O5S. The van der Waals surface area contributed by atoms with Gasteiger partial charge in [-0.3, -0.25) is 14.2 Å². The minimum atomic E-state index is -0.446. The van der Waals surface area contributed by atoms with Crippen LogP contribution in [-0.4, -0.2) is 40.7 Å². The molecule has 36 heavy (non-hydrogen) atoms. The number of ether oxygens (including phenoxy) is 2. The molecule has 0 N–H and O–H groups in total. The van der Waals surface area contributed by atoms with E-state index in [1.807, 2.05) is 31.2 Å². The molecule has 4 aromatic rings. The molecule has 0 atom stereocenters. The molecule has 1 aliphatic heterocycles. The average molecular weight is 506 g/mol. The van der Waals surface area contributed by atoms with Gasteiger partial charge in [0.25, 0.3) is 5.56 Å². The van der Waals surface area contributed by atoms with E-state index in [1.54, 1.807) is 41.7 Å². The molecule has 0 spiro atoms. The number of carbonyl (C=O) groups excluding carboxylic acids is 1. The van der Waals surface area contributed by atoms with Crippen molar-refractivity contribution in [1.29, 1.82) is 0 Å². The molecule has 186 valence electrons. The number of fused-ring (bicyclic) bond motifs is 3. The summed E-state index contributed by atoms with van der Waals surface area (Å²) >= 11 is 1.42. The SMILES string of the molecule is COc1ccc(-n2c(=O)c3c4c(sc3n(Cc3ccc(C)cc3)c2=O)CN(C(C)=O)CC4)c(OC)c1. The first-order valence-corrected chi connectivity index (χ1v) is 12.5. The molecule has 1 aliphatic rings. The van der Waals surface area contributed by atoms with Crippen LogP contribution >= 0.6 is 11.3 Å². The second-order valence-electron chi connectivity index (χ2n) is 8.91. The van der Waals surface area contributed by atoms with Crippen molar-refractivity contribution in [2.24, 2.45) is 0 Å². The first-order chi connectivity index (χ1) is 17.3. The van der Waals surface area contributed by atoms with E-state index in [0.29, 0.717) is 53.5 Å². The smallest absolute Gasteiger partial charge is 0.337 e. The fourth-order valence-electron chi connectivity index (χ4n) is 4.67. The summed E-state index contributed by atoms with van der Waals surface area (Å²) in [5.74, 6) is 0.916. The highest BCUT2D eigenvalue weighted by atomic mass is 32.1. The van der Waals surface area contributed by atoms with E-state index in [9.17, 15) is 14.4 Å². The van der Waals surface area contributed by atoms with Crippen LogP contribution in [-0.2, 0) is 24.3 Å². The van der Waals surface area contributed by atoms with Gasteiger partial charge in [-0.2, -0.15) is 0 Å². The summed E-state index contributed by atoms with van der Waals surface area (Å²) in [6.07, 6.45) is 0.562. The number of benzene rings is 2. The number of aryl methyl sites for hydroxylation is 1. The largest absolute Gasteiger partial charge is 0.497 e. The van der Waals surface area contributed by atoms with Crippen molar-refractivity contribution in [3.05, 3.63) is 84.9 Å². The Balaban J connectivity index is 1.80. The summed E-state index contributed by atoms with van der Waals surface area (Å²) in [4.78, 5) is 43.3. The highest BCUT2D eigenvalue weighted by molar-refractivity contribution is 7.18. The maximum absolute atomic E-state index is 14.0. The van der Waals surface area contributed by atoms with Gasteiger partial charge >= 0.3 is 5.69 Å². The third-order valence-electron chi connectivity index (χ3n) is 6.66. The Hall–Kier alpha value is -3.85. The first kappa shape index (κ1) is 23.9. The number of hydrogen-bond acceptors (Lipinski definition) is 6. The van der Waals surface area contributed by atoms with Crippen LogP contribution in [0.3, 0.4) is 0 Å². The third-order valence-corrected chi connectivity index (χ3v) is 7.90. The van der Waals surface area contributed by atoms with Crippen LogP contribution in [0.2, 0.25) is 0 Å². The zero-order valence-corrected chi connectivity index (χ0v) is 21.5. The molecule has 0 unspecified atom stereocenters. The number of amides is 1. The summed E-state index contributed by atoms with van der Waals surface area (Å²) in [6.45, 7) is 4.85. The number of hydrogen-bond donors (Lipinski definition) is 0. The van der Waals surface area contributed by atoms with Crippen molar-refractivity contribution < 1.29 is 14.3 Å². The minimum Gasteiger partial charge on any atom is -0.497 e. The number of aromatic nitrogens is 2. The third kappa shape index (κ3) is 3.99. The molecule has 0 aliphatic carbocycles. The van der Waals surface area contributed by atoms with Crippen LogP contribution < -0.4 is 20.7 Å². The average Bonchev–Trinajstić information content (AvgIpc) is 3.26. The van der Waals surface area contributed by atoms with Gasteiger partial charge in [0.15, 0.2) is 0 Å². The van der Waals surface area contributed by atoms with Crippen molar-refractivity contribution in [3.63, 3.8) is 0 Å². The fourth-order valence-corrected chi connectivity index (χ4v) is 6.02. The molecule has 0 bridgehead atoms. The lowest BCUT2D eigenvalue weighted by molar-refractivity contribution is -0.129. The van der Waals surface area contributed by atoms with E-state index in [2.05, 4.69) is 0 Å². The summed E-state index contributed by atoms with van der Waals surface area (Å²) in [5, 5.41) is 0.530. The molecule has 0 radical (unpaired) electrons. The van der Waals surface area contributed by atoms with Gasteiger partial charge in [0.05, 0.1) is 38.4 Å². The van der Waals surface area contributed by atoms with Gasteiger partial charge in [-0.1, -0.05) is 29.8 Å². The first-order valence-electron chi connectivity index (χ1n) is 11.7. The maximum Gasteiger partial charge on any atom is 0.337 e. The molecule has 0 fully saturated rings.